The van der Waals surface area contributed by atoms with E-state index in [4.69, 9.17) is 0 Å². The topological polar surface area (TPSA) is 43.8 Å². The highest BCUT2D eigenvalue weighted by atomic mass is 32.1. The Morgan fingerprint density at radius 3 is 1.90 bits per heavy atom. The van der Waals surface area contributed by atoms with Crippen LogP contribution in [0.1, 0.15) is 9.75 Å². The van der Waals surface area contributed by atoms with Crippen LogP contribution in [0, 0.1) is 0 Å². The van der Waals surface area contributed by atoms with E-state index in [0.29, 0.717) is 5.57 Å². The molecule has 4 heterocycles. The summed E-state index contributed by atoms with van der Waals surface area (Å²) in [6.07, 6.45) is 0.786. The first-order valence-corrected chi connectivity index (χ1v) is 19.5. The van der Waals surface area contributed by atoms with Crippen LogP contribution in [0.2, 0.25) is 39.3 Å². The third-order valence-electron chi connectivity index (χ3n) is 5.12. The molecule has 0 radical (unpaired) electrons. The first kappa shape index (κ1) is 21.8. The van der Waals surface area contributed by atoms with Crippen molar-refractivity contribution in [1.29, 1.82) is 0 Å². The Bertz CT molecular complexity index is 1010. The molecule has 0 saturated heterocycles. The lowest BCUT2D eigenvalue weighted by Gasteiger charge is -2.34. The fourth-order valence-corrected chi connectivity index (χ4v) is 8.36. The van der Waals surface area contributed by atoms with Crippen LogP contribution in [0.3, 0.4) is 0 Å². The third kappa shape index (κ3) is 3.91. The summed E-state index contributed by atoms with van der Waals surface area (Å²) >= 11 is 3.28. The molecule has 1 atom stereocenters. The van der Waals surface area contributed by atoms with Crippen LogP contribution in [-0.4, -0.2) is 55.5 Å². The van der Waals surface area contributed by atoms with E-state index in [2.05, 4.69) is 56.3 Å². The maximum atomic E-state index is 13.9. The van der Waals surface area contributed by atoms with Crippen molar-refractivity contribution < 1.29 is 9.90 Å². The number of aliphatic hydroxyl groups is 1. The number of carbonyl (C=O) groups is 1. The Hall–Kier alpha value is -1.46. The number of rotatable bonds is 6. The van der Waals surface area contributed by atoms with Gasteiger partial charge in [0.15, 0.2) is 6.23 Å². The van der Waals surface area contributed by atoms with Crippen molar-refractivity contribution in [1.82, 2.24) is 9.80 Å². The van der Waals surface area contributed by atoms with Crippen molar-refractivity contribution in [2.75, 3.05) is 12.3 Å². The molecule has 2 aliphatic heterocycles. The summed E-state index contributed by atoms with van der Waals surface area (Å²) in [6, 6.07) is 8.18. The summed E-state index contributed by atoms with van der Waals surface area (Å²) in [5.41, 5.74) is 3.37. The van der Waals surface area contributed by atoms with Crippen molar-refractivity contribution in [3.8, 4) is 0 Å². The van der Waals surface area contributed by atoms with Gasteiger partial charge < -0.3 is 14.9 Å². The fraction of sp³-hybridized carbons (Fsp3) is 0.409. The van der Waals surface area contributed by atoms with Crippen LogP contribution in [0.4, 0.5) is 0 Å². The monoisotopic (exact) mass is 474 g/mol. The van der Waals surface area contributed by atoms with Crippen molar-refractivity contribution in [2.24, 2.45) is 0 Å². The summed E-state index contributed by atoms with van der Waals surface area (Å²) in [5.74, 6) is 0.0522. The molecule has 2 aromatic heterocycles. The van der Waals surface area contributed by atoms with Gasteiger partial charge in [-0.3, -0.25) is 4.79 Å². The van der Waals surface area contributed by atoms with Gasteiger partial charge in [0.1, 0.15) is 0 Å². The van der Waals surface area contributed by atoms with Crippen molar-refractivity contribution in [3.05, 3.63) is 55.9 Å². The highest BCUT2D eigenvalue weighted by molar-refractivity contribution is 7.11. The molecule has 1 amide bonds. The van der Waals surface area contributed by atoms with Crippen molar-refractivity contribution in [2.45, 2.75) is 45.5 Å². The molecule has 0 aromatic carbocycles. The molecule has 0 saturated carbocycles. The van der Waals surface area contributed by atoms with Gasteiger partial charge in [-0.25, -0.2) is 0 Å². The molecular formula is C22H30N2O2S2Si2. The van der Waals surface area contributed by atoms with Gasteiger partial charge in [0.25, 0.3) is 5.91 Å². The lowest BCUT2D eigenvalue weighted by molar-refractivity contribution is -0.122. The van der Waals surface area contributed by atoms with Gasteiger partial charge in [0.05, 0.1) is 42.9 Å². The predicted molar refractivity (Wildman–Crippen MR) is 134 cm³/mol. The molecule has 0 spiro atoms. The second-order valence-electron chi connectivity index (χ2n) is 10.5. The molecule has 0 bridgehead atoms. The van der Waals surface area contributed by atoms with Gasteiger partial charge in [-0.05, 0) is 22.9 Å². The molecule has 2 aliphatic rings. The number of fused-ring (bicyclic) bond motifs is 1. The maximum absolute atomic E-state index is 13.9. The lowest BCUT2D eigenvalue weighted by Crippen LogP contribution is -2.44. The average Bonchev–Trinajstić information content (AvgIpc) is 3.37. The van der Waals surface area contributed by atoms with Crippen LogP contribution in [0.5, 0.6) is 0 Å². The largest absolute Gasteiger partial charge is 0.369 e. The molecule has 0 fully saturated rings. The number of amides is 1. The highest BCUT2D eigenvalue weighted by Crippen LogP contribution is 2.50. The molecule has 8 heteroatoms. The van der Waals surface area contributed by atoms with Gasteiger partial charge in [-0.2, -0.15) is 0 Å². The zero-order valence-corrected chi connectivity index (χ0v) is 22.2. The van der Waals surface area contributed by atoms with Crippen LogP contribution in [-0.2, 0) is 4.79 Å². The maximum Gasteiger partial charge on any atom is 0.260 e. The summed E-state index contributed by atoms with van der Waals surface area (Å²) in [6.45, 7) is 13.8. The normalized spacial score (nSPS) is 20.1. The number of aliphatic hydroxyl groups excluding tert-OH is 1. The van der Waals surface area contributed by atoms with E-state index in [1.165, 1.54) is 0 Å². The van der Waals surface area contributed by atoms with Crippen LogP contribution in [0.15, 0.2) is 46.2 Å². The van der Waals surface area contributed by atoms with Crippen molar-refractivity contribution >= 4 is 56.1 Å². The Labute approximate surface area is 189 Å². The Morgan fingerprint density at radius 1 is 0.900 bits per heavy atom. The van der Waals surface area contributed by atoms with E-state index in [0.717, 1.165) is 39.1 Å². The number of hydrogen-bond donors (Lipinski definition) is 1. The van der Waals surface area contributed by atoms with Crippen LogP contribution in [0.25, 0.3) is 11.4 Å². The van der Waals surface area contributed by atoms with E-state index < -0.39 is 22.4 Å². The molecule has 30 heavy (non-hydrogen) atoms. The Kier molecular flexibility index (Phi) is 5.51. The summed E-state index contributed by atoms with van der Waals surface area (Å²) < 4.78 is 0. The minimum atomic E-state index is -1.56. The molecule has 160 valence electrons. The van der Waals surface area contributed by atoms with Gasteiger partial charge in [-0.15, -0.1) is 22.7 Å². The SMILES string of the molecule is C[Si](C)(C)CN1C(=O)C2=C(c3cccs3)N(C[Si](C)(C)C)C(O)C2=C1c1cccs1. The van der Waals surface area contributed by atoms with Crippen molar-refractivity contribution in [3.63, 3.8) is 0 Å². The number of hydrogen-bond acceptors (Lipinski definition) is 5. The van der Waals surface area contributed by atoms with Gasteiger partial charge in [0, 0.05) is 17.9 Å². The van der Waals surface area contributed by atoms with E-state index >= 15 is 0 Å². The van der Waals surface area contributed by atoms with Gasteiger partial charge in [-0.1, -0.05) is 51.4 Å². The lowest BCUT2D eigenvalue weighted by atomic mass is 10.1. The molecule has 0 aliphatic carbocycles. The van der Waals surface area contributed by atoms with E-state index in [9.17, 15) is 9.90 Å². The number of carbonyl (C=O) groups excluding carboxylic acids is 1. The molecule has 2 aromatic rings. The Balaban J connectivity index is 1.96. The zero-order chi connectivity index (χ0) is 21.8. The predicted octanol–water partition coefficient (Wildman–Crippen LogP) is 5.16. The highest BCUT2D eigenvalue weighted by Gasteiger charge is 2.50. The standard InChI is InChI=1S/C22H30N2O2S2Si2/c1-29(2,3)13-23-19(15-9-7-11-27-15)17-18(21(23)25)20(16-10-8-12-28-16)24(22(17)26)14-30(4,5)6/h7-12,21,25H,13-14H2,1-6H3. The number of nitrogens with zero attached hydrogens (tertiary/aromatic N) is 2. The van der Waals surface area contributed by atoms with E-state index in [-0.39, 0.29) is 5.91 Å². The van der Waals surface area contributed by atoms with E-state index in [1.54, 1.807) is 22.7 Å². The second kappa shape index (κ2) is 7.60. The minimum Gasteiger partial charge on any atom is -0.369 e. The third-order valence-corrected chi connectivity index (χ3v) is 9.42. The Morgan fingerprint density at radius 2 is 1.43 bits per heavy atom. The first-order valence-electron chi connectivity index (χ1n) is 10.3. The molecule has 1 unspecified atom stereocenters. The van der Waals surface area contributed by atoms with Crippen LogP contribution < -0.4 is 0 Å². The van der Waals surface area contributed by atoms with Gasteiger partial charge >= 0.3 is 0 Å². The average molecular weight is 475 g/mol. The molecule has 4 nitrogen and oxygen atoms in total. The van der Waals surface area contributed by atoms with E-state index in [1.807, 2.05) is 27.8 Å². The molecular weight excluding hydrogens is 445 g/mol. The summed E-state index contributed by atoms with van der Waals surface area (Å²) in [5, 5.41) is 15.7. The molecule has 1 N–H and O–H groups in total. The quantitative estimate of drug-likeness (QED) is 0.588. The minimum absolute atomic E-state index is 0.0522. The van der Waals surface area contributed by atoms with Crippen LogP contribution >= 0.6 is 22.7 Å². The summed E-state index contributed by atoms with van der Waals surface area (Å²) in [4.78, 5) is 20.0. The smallest absolute Gasteiger partial charge is 0.260 e. The van der Waals surface area contributed by atoms with Gasteiger partial charge in [0.2, 0.25) is 0 Å². The molecule has 4 rings (SSSR count). The second-order valence-corrected chi connectivity index (χ2v) is 23.2. The number of thiophene rings is 2. The summed E-state index contributed by atoms with van der Waals surface area (Å²) in [7, 11) is -3.10. The zero-order valence-electron chi connectivity index (χ0n) is 18.5. The first-order chi connectivity index (χ1) is 14.0. The fourth-order valence-electron chi connectivity index (χ4n) is 4.18.